The Kier molecular flexibility index (Phi) is 3.76. The van der Waals surface area contributed by atoms with Crippen LogP contribution in [0.1, 0.15) is 42.2 Å². The number of primary sulfonamides is 1. The van der Waals surface area contributed by atoms with Gasteiger partial charge in [0.15, 0.2) is 0 Å². The van der Waals surface area contributed by atoms with Crippen LogP contribution < -0.4 is 5.14 Å². The van der Waals surface area contributed by atoms with E-state index < -0.39 is 16.0 Å². The van der Waals surface area contributed by atoms with E-state index in [1.165, 1.54) is 12.3 Å². The van der Waals surface area contributed by atoms with Crippen molar-refractivity contribution in [1.82, 2.24) is 4.57 Å². The Labute approximate surface area is 123 Å². The number of nitrogens with zero attached hydrogens (tertiary/aromatic N) is 1. The topological polar surface area (TPSA) is 101 Å². The quantitative estimate of drug-likeness (QED) is 0.829. The zero-order valence-electron chi connectivity index (χ0n) is 11.5. The fraction of sp³-hybridized carbons (Fsp3) is 0.615. The predicted molar refractivity (Wildman–Crippen MR) is 73.3 cm³/mol. The van der Waals surface area contributed by atoms with Crippen molar-refractivity contribution in [3.05, 3.63) is 18.0 Å². The van der Waals surface area contributed by atoms with Crippen LogP contribution in [0.4, 0.5) is 0 Å². The molecule has 2 aliphatic rings. The first-order valence-corrected chi connectivity index (χ1v) is 8.53. The van der Waals surface area contributed by atoms with Crippen LogP contribution in [0.2, 0.25) is 0 Å². The summed E-state index contributed by atoms with van der Waals surface area (Å²) >= 11 is 0. The number of rotatable bonds is 4. The highest BCUT2D eigenvalue weighted by atomic mass is 32.2. The van der Waals surface area contributed by atoms with Crippen molar-refractivity contribution in [2.24, 2.45) is 5.14 Å². The third-order valence-corrected chi connectivity index (χ3v) is 4.62. The first-order chi connectivity index (χ1) is 9.95. The molecule has 3 rings (SSSR count). The molecule has 1 saturated heterocycles. The molecule has 1 aromatic heterocycles. The minimum Gasteiger partial charge on any atom is -0.458 e. The monoisotopic (exact) mass is 314 g/mol. The van der Waals surface area contributed by atoms with E-state index in [1.807, 2.05) is 0 Å². The van der Waals surface area contributed by atoms with E-state index >= 15 is 0 Å². The normalized spacial score (nSPS) is 20.4. The van der Waals surface area contributed by atoms with Gasteiger partial charge in [-0.05, 0) is 18.9 Å². The highest BCUT2D eigenvalue weighted by Gasteiger charge is 2.31. The molecule has 2 heterocycles. The van der Waals surface area contributed by atoms with E-state index in [9.17, 15) is 13.2 Å². The van der Waals surface area contributed by atoms with Crippen LogP contribution in [0.3, 0.4) is 0 Å². The fourth-order valence-corrected chi connectivity index (χ4v) is 2.97. The fourth-order valence-electron chi connectivity index (χ4n) is 2.43. The second-order valence-electron chi connectivity index (χ2n) is 5.46. The number of hydrogen-bond donors (Lipinski definition) is 1. The summed E-state index contributed by atoms with van der Waals surface area (Å²) in [6.45, 7) is 1.15. The summed E-state index contributed by atoms with van der Waals surface area (Å²) in [5.41, 5.74) is 0.257. The van der Waals surface area contributed by atoms with E-state index in [2.05, 4.69) is 0 Å². The molecule has 0 atom stereocenters. The summed E-state index contributed by atoms with van der Waals surface area (Å²) in [7, 11) is -3.83. The summed E-state index contributed by atoms with van der Waals surface area (Å²) in [6.07, 6.45) is 4.43. The van der Waals surface area contributed by atoms with Gasteiger partial charge in [0.2, 0.25) is 10.0 Å². The second kappa shape index (κ2) is 5.43. The van der Waals surface area contributed by atoms with Crippen LogP contribution in [0.25, 0.3) is 0 Å². The van der Waals surface area contributed by atoms with Crippen LogP contribution in [0.15, 0.2) is 17.2 Å². The van der Waals surface area contributed by atoms with Gasteiger partial charge >= 0.3 is 5.97 Å². The summed E-state index contributed by atoms with van der Waals surface area (Å²) in [5, 5.41) is 5.13. The number of esters is 1. The van der Waals surface area contributed by atoms with E-state index in [4.69, 9.17) is 14.6 Å². The SMILES string of the molecule is NS(=O)(=O)c1cc(C(=O)OC2CCOCC2)n(C2CC2)c1. The molecule has 0 bridgehead atoms. The lowest BCUT2D eigenvalue weighted by molar-refractivity contribution is -0.0166. The summed E-state index contributed by atoms with van der Waals surface area (Å²) < 4.78 is 35.2. The minimum absolute atomic E-state index is 0.0478. The van der Waals surface area contributed by atoms with E-state index in [1.54, 1.807) is 4.57 Å². The Morgan fingerprint density at radius 3 is 2.52 bits per heavy atom. The van der Waals surface area contributed by atoms with Crippen LogP contribution >= 0.6 is 0 Å². The smallest absolute Gasteiger partial charge is 0.355 e. The van der Waals surface area contributed by atoms with E-state index in [0.29, 0.717) is 26.1 Å². The maximum atomic E-state index is 12.3. The molecule has 8 heteroatoms. The Morgan fingerprint density at radius 2 is 1.95 bits per heavy atom. The van der Waals surface area contributed by atoms with Crippen molar-refractivity contribution >= 4 is 16.0 Å². The van der Waals surface area contributed by atoms with Gasteiger partial charge in [-0.25, -0.2) is 18.4 Å². The molecular formula is C13H18N2O5S. The van der Waals surface area contributed by atoms with Crippen molar-refractivity contribution in [2.75, 3.05) is 13.2 Å². The molecule has 2 N–H and O–H groups in total. The maximum absolute atomic E-state index is 12.3. The number of ether oxygens (including phenoxy) is 2. The van der Waals surface area contributed by atoms with Crippen molar-refractivity contribution < 1.29 is 22.7 Å². The van der Waals surface area contributed by atoms with E-state index in [0.717, 1.165) is 12.8 Å². The Morgan fingerprint density at radius 1 is 1.29 bits per heavy atom. The van der Waals surface area contributed by atoms with Crippen molar-refractivity contribution in [2.45, 2.75) is 42.7 Å². The molecule has 1 aromatic rings. The van der Waals surface area contributed by atoms with Gasteiger partial charge < -0.3 is 14.0 Å². The lowest BCUT2D eigenvalue weighted by Gasteiger charge is -2.22. The Balaban J connectivity index is 1.82. The van der Waals surface area contributed by atoms with Gasteiger partial charge in [0.05, 0.1) is 13.2 Å². The van der Waals surface area contributed by atoms with Gasteiger partial charge in [0.25, 0.3) is 0 Å². The number of carbonyl (C=O) groups is 1. The van der Waals surface area contributed by atoms with Gasteiger partial charge in [-0.1, -0.05) is 0 Å². The third kappa shape index (κ3) is 3.28. The summed E-state index contributed by atoms with van der Waals surface area (Å²) in [6, 6.07) is 1.47. The van der Waals surface area contributed by atoms with Gasteiger partial charge in [0, 0.05) is 25.1 Å². The summed E-state index contributed by atoms with van der Waals surface area (Å²) in [5.74, 6) is -0.497. The van der Waals surface area contributed by atoms with Crippen LogP contribution in [0, 0.1) is 0 Å². The van der Waals surface area contributed by atoms with Crippen molar-refractivity contribution in [1.29, 1.82) is 0 Å². The Hall–Kier alpha value is -1.38. The molecular weight excluding hydrogens is 296 g/mol. The highest BCUT2D eigenvalue weighted by molar-refractivity contribution is 7.89. The number of sulfonamides is 1. The minimum atomic E-state index is -3.83. The number of carbonyl (C=O) groups excluding carboxylic acids is 1. The maximum Gasteiger partial charge on any atom is 0.355 e. The number of aromatic nitrogens is 1. The molecule has 1 aliphatic carbocycles. The largest absolute Gasteiger partial charge is 0.458 e. The first-order valence-electron chi connectivity index (χ1n) is 6.98. The Bertz CT molecular complexity index is 642. The standard InChI is InChI=1S/C13H18N2O5S/c14-21(17,18)11-7-12(15(8-11)9-1-2-9)13(16)20-10-3-5-19-6-4-10/h7-10H,1-6H2,(H2,14,17,18). The average molecular weight is 314 g/mol. The molecule has 0 radical (unpaired) electrons. The number of nitrogens with two attached hydrogens (primary N) is 1. The lowest BCUT2D eigenvalue weighted by Crippen LogP contribution is -2.27. The van der Waals surface area contributed by atoms with Crippen LogP contribution in [0.5, 0.6) is 0 Å². The second-order valence-corrected chi connectivity index (χ2v) is 7.02. The molecule has 21 heavy (non-hydrogen) atoms. The van der Waals surface area contributed by atoms with Gasteiger partial charge in [0.1, 0.15) is 16.7 Å². The molecule has 0 spiro atoms. The van der Waals surface area contributed by atoms with Gasteiger partial charge in [-0.3, -0.25) is 0 Å². The van der Waals surface area contributed by atoms with E-state index in [-0.39, 0.29) is 22.7 Å². The zero-order chi connectivity index (χ0) is 15.0. The van der Waals surface area contributed by atoms with Crippen molar-refractivity contribution in [3.8, 4) is 0 Å². The molecule has 2 fully saturated rings. The average Bonchev–Trinajstić information content (AvgIpc) is 3.16. The lowest BCUT2D eigenvalue weighted by atomic mass is 10.1. The molecule has 0 aromatic carbocycles. The highest BCUT2D eigenvalue weighted by Crippen LogP contribution is 2.37. The van der Waals surface area contributed by atoms with Crippen LogP contribution in [-0.2, 0) is 19.5 Å². The first kappa shape index (κ1) is 14.6. The predicted octanol–water partition coefficient (Wildman–Crippen LogP) is 0.806. The molecule has 1 aliphatic heterocycles. The zero-order valence-corrected chi connectivity index (χ0v) is 12.3. The summed E-state index contributed by atoms with van der Waals surface area (Å²) in [4.78, 5) is 12.2. The molecule has 7 nitrogen and oxygen atoms in total. The van der Waals surface area contributed by atoms with Gasteiger partial charge in [-0.2, -0.15) is 0 Å². The number of hydrogen-bond acceptors (Lipinski definition) is 5. The molecule has 0 unspecified atom stereocenters. The molecule has 116 valence electrons. The van der Waals surface area contributed by atoms with Gasteiger partial charge in [-0.15, -0.1) is 0 Å². The van der Waals surface area contributed by atoms with Crippen molar-refractivity contribution in [3.63, 3.8) is 0 Å². The third-order valence-electron chi connectivity index (χ3n) is 3.74. The van der Waals surface area contributed by atoms with Crippen LogP contribution in [-0.4, -0.2) is 38.3 Å². The molecule has 0 amide bonds. The molecule has 1 saturated carbocycles.